The van der Waals surface area contributed by atoms with Gasteiger partial charge in [0.25, 0.3) is 0 Å². The van der Waals surface area contributed by atoms with Crippen LogP contribution in [0, 0.1) is 0 Å². The van der Waals surface area contributed by atoms with Gasteiger partial charge in [-0.3, -0.25) is 4.79 Å². The van der Waals surface area contributed by atoms with Gasteiger partial charge in [0.1, 0.15) is 0 Å². The minimum atomic E-state index is -0.240. The van der Waals surface area contributed by atoms with E-state index in [0.29, 0.717) is 6.54 Å². The van der Waals surface area contributed by atoms with Crippen molar-refractivity contribution in [2.75, 3.05) is 34.3 Å². The predicted octanol–water partition coefficient (Wildman–Crippen LogP) is 2.02. The lowest BCUT2D eigenvalue weighted by molar-refractivity contribution is -0.142. The number of rotatable bonds is 7. The summed E-state index contributed by atoms with van der Waals surface area (Å²) in [5.41, 5.74) is 1.27. The van der Waals surface area contributed by atoms with Crippen molar-refractivity contribution in [3.8, 4) is 0 Å². The Morgan fingerprint density at radius 1 is 1.33 bits per heavy atom. The molecule has 0 amide bonds. The van der Waals surface area contributed by atoms with Crippen molar-refractivity contribution in [3.05, 3.63) is 35.9 Å². The third-order valence-corrected chi connectivity index (χ3v) is 4.72. The first-order valence-corrected chi connectivity index (χ1v) is 7.60. The Morgan fingerprint density at radius 2 is 2.00 bits per heavy atom. The maximum absolute atomic E-state index is 12.0. The largest absolute Gasteiger partial charge is 0.469 e. The van der Waals surface area contributed by atoms with Gasteiger partial charge in [-0.1, -0.05) is 30.3 Å². The molecule has 4 heteroatoms. The standard InChI is InChI=1S/C17H26N2O2/c1-19(2)17(10-7-11-17)13-18-12-15(16(20)21-3)14-8-5-4-6-9-14/h4-6,8-9,15,18H,7,10-13H2,1-3H3. The number of hydrogen-bond acceptors (Lipinski definition) is 4. The summed E-state index contributed by atoms with van der Waals surface area (Å²) in [4.78, 5) is 14.3. The minimum Gasteiger partial charge on any atom is -0.469 e. The number of carbonyl (C=O) groups is 1. The summed E-state index contributed by atoms with van der Waals surface area (Å²) in [5, 5.41) is 3.48. The van der Waals surface area contributed by atoms with Crippen molar-refractivity contribution in [1.29, 1.82) is 0 Å². The predicted molar refractivity (Wildman–Crippen MR) is 84.3 cm³/mol. The second kappa shape index (κ2) is 7.05. The van der Waals surface area contributed by atoms with Gasteiger partial charge >= 0.3 is 5.97 Å². The fraction of sp³-hybridized carbons (Fsp3) is 0.588. The van der Waals surface area contributed by atoms with Gasteiger partial charge in [-0.15, -0.1) is 0 Å². The highest BCUT2D eigenvalue weighted by Crippen LogP contribution is 2.35. The molecule has 21 heavy (non-hydrogen) atoms. The number of methoxy groups -OCH3 is 1. The Labute approximate surface area is 127 Å². The van der Waals surface area contributed by atoms with Gasteiger partial charge in [0, 0.05) is 18.6 Å². The van der Waals surface area contributed by atoms with Crippen LogP contribution in [-0.4, -0.2) is 50.7 Å². The number of carbonyl (C=O) groups excluding carboxylic acids is 1. The lowest BCUT2D eigenvalue weighted by Crippen LogP contribution is -2.56. The lowest BCUT2D eigenvalue weighted by Gasteiger charge is -2.47. The molecule has 1 aromatic rings. The Hall–Kier alpha value is -1.39. The van der Waals surface area contributed by atoms with Crippen LogP contribution in [0.15, 0.2) is 30.3 Å². The molecule has 1 unspecified atom stereocenters. The minimum absolute atomic E-state index is 0.179. The molecule has 0 heterocycles. The molecule has 2 rings (SSSR count). The second-order valence-electron chi connectivity index (χ2n) is 6.09. The van der Waals surface area contributed by atoms with Crippen LogP contribution in [0.5, 0.6) is 0 Å². The third kappa shape index (κ3) is 3.63. The molecule has 1 N–H and O–H groups in total. The number of nitrogens with one attached hydrogen (secondary N) is 1. The van der Waals surface area contributed by atoms with Crippen LogP contribution in [-0.2, 0) is 9.53 Å². The third-order valence-electron chi connectivity index (χ3n) is 4.72. The number of likely N-dealkylation sites (N-methyl/N-ethyl adjacent to an activating group) is 1. The van der Waals surface area contributed by atoms with Gasteiger partial charge in [-0.25, -0.2) is 0 Å². The molecular weight excluding hydrogens is 264 g/mol. The average Bonchev–Trinajstić information content (AvgIpc) is 2.45. The summed E-state index contributed by atoms with van der Waals surface area (Å²) in [7, 11) is 5.72. The van der Waals surface area contributed by atoms with Crippen LogP contribution in [0.2, 0.25) is 0 Å². The monoisotopic (exact) mass is 290 g/mol. The molecule has 0 aromatic heterocycles. The van der Waals surface area contributed by atoms with Crippen molar-refractivity contribution in [1.82, 2.24) is 10.2 Å². The lowest BCUT2D eigenvalue weighted by atomic mass is 9.75. The van der Waals surface area contributed by atoms with Crippen LogP contribution in [0.3, 0.4) is 0 Å². The van der Waals surface area contributed by atoms with Crippen molar-refractivity contribution in [2.45, 2.75) is 30.7 Å². The van der Waals surface area contributed by atoms with Gasteiger partial charge < -0.3 is 15.0 Å². The molecule has 0 bridgehead atoms. The molecule has 0 spiro atoms. The SMILES string of the molecule is COC(=O)C(CNCC1(N(C)C)CCC1)c1ccccc1. The Bertz CT molecular complexity index is 455. The summed E-state index contributed by atoms with van der Waals surface area (Å²) in [6, 6.07) is 9.83. The van der Waals surface area contributed by atoms with Crippen molar-refractivity contribution < 1.29 is 9.53 Å². The van der Waals surface area contributed by atoms with E-state index < -0.39 is 0 Å². The van der Waals surface area contributed by atoms with E-state index in [2.05, 4.69) is 24.3 Å². The molecule has 0 aliphatic heterocycles. The van der Waals surface area contributed by atoms with Crippen LogP contribution < -0.4 is 5.32 Å². The Kier molecular flexibility index (Phi) is 5.37. The first-order chi connectivity index (χ1) is 10.1. The zero-order chi connectivity index (χ0) is 15.3. The first-order valence-electron chi connectivity index (χ1n) is 7.60. The van der Waals surface area contributed by atoms with E-state index >= 15 is 0 Å². The highest BCUT2D eigenvalue weighted by Gasteiger charge is 2.38. The van der Waals surface area contributed by atoms with Gasteiger partial charge in [0.15, 0.2) is 0 Å². The topological polar surface area (TPSA) is 41.6 Å². The van der Waals surface area contributed by atoms with E-state index in [0.717, 1.165) is 12.1 Å². The van der Waals surface area contributed by atoms with Gasteiger partial charge in [0.05, 0.1) is 13.0 Å². The van der Waals surface area contributed by atoms with E-state index in [4.69, 9.17) is 4.74 Å². The van der Waals surface area contributed by atoms with Crippen molar-refractivity contribution in [3.63, 3.8) is 0 Å². The summed E-state index contributed by atoms with van der Waals surface area (Å²) < 4.78 is 4.95. The maximum atomic E-state index is 12.0. The summed E-state index contributed by atoms with van der Waals surface area (Å²) in [6.07, 6.45) is 3.74. The van der Waals surface area contributed by atoms with E-state index in [-0.39, 0.29) is 17.4 Å². The normalized spacial score (nSPS) is 18.1. The zero-order valence-electron chi connectivity index (χ0n) is 13.3. The molecule has 0 saturated heterocycles. The molecule has 1 aliphatic rings. The second-order valence-corrected chi connectivity index (χ2v) is 6.09. The number of hydrogen-bond donors (Lipinski definition) is 1. The zero-order valence-corrected chi connectivity index (χ0v) is 13.3. The average molecular weight is 290 g/mol. The Morgan fingerprint density at radius 3 is 2.48 bits per heavy atom. The number of esters is 1. The van der Waals surface area contributed by atoms with Gasteiger partial charge in [0.2, 0.25) is 0 Å². The summed E-state index contributed by atoms with van der Waals surface area (Å²) in [5.74, 6) is -0.420. The fourth-order valence-corrected chi connectivity index (χ4v) is 2.98. The summed E-state index contributed by atoms with van der Waals surface area (Å²) in [6.45, 7) is 1.53. The van der Waals surface area contributed by atoms with Gasteiger partial charge in [-0.05, 0) is 38.9 Å². The number of benzene rings is 1. The molecular formula is C17H26N2O2. The van der Waals surface area contributed by atoms with Crippen molar-refractivity contribution >= 4 is 5.97 Å². The Balaban J connectivity index is 1.96. The van der Waals surface area contributed by atoms with Crippen LogP contribution in [0.4, 0.5) is 0 Å². The highest BCUT2D eigenvalue weighted by atomic mass is 16.5. The quantitative estimate of drug-likeness (QED) is 0.780. The molecule has 1 fully saturated rings. The molecule has 4 nitrogen and oxygen atoms in total. The molecule has 0 radical (unpaired) electrons. The van der Waals surface area contributed by atoms with Gasteiger partial charge in [-0.2, -0.15) is 0 Å². The molecule has 1 aromatic carbocycles. The number of nitrogens with zero attached hydrogens (tertiary/aromatic N) is 1. The molecule has 116 valence electrons. The first kappa shape index (κ1) is 16.0. The summed E-state index contributed by atoms with van der Waals surface area (Å²) >= 11 is 0. The molecule has 1 aliphatic carbocycles. The van der Waals surface area contributed by atoms with Crippen molar-refractivity contribution in [2.24, 2.45) is 0 Å². The fourth-order valence-electron chi connectivity index (χ4n) is 2.98. The van der Waals surface area contributed by atoms with E-state index in [1.54, 1.807) is 0 Å². The van der Waals surface area contributed by atoms with Crippen LogP contribution in [0.1, 0.15) is 30.7 Å². The van der Waals surface area contributed by atoms with E-state index in [9.17, 15) is 4.79 Å². The molecule has 1 saturated carbocycles. The maximum Gasteiger partial charge on any atom is 0.314 e. The van der Waals surface area contributed by atoms with E-state index in [1.807, 2.05) is 30.3 Å². The van der Waals surface area contributed by atoms with E-state index in [1.165, 1.54) is 26.4 Å². The van der Waals surface area contributed by atoms with Crippen LogP contribution in [0.25, 0.3) is 0 Å². The van der Waals surface area contributed by atoms with Crippen LogP contribution >= 0.6 is 0 Å². The number of ether oxygens (including phenoxy) is 1. The smallest absolute Gasteiger partial charge is 0.314 e. The molecule has 1 atom stereocenters. The highest BCUT2D eigenvalue weighted by molar-refractivity contribution is 5.78.